The van der Waals surface area contributed by atoms with Crippen LogP contribution < -0.4 is 12.3 Å². The normalized spacial score (nSPS) is 11.6. The number of carbonyl (C=O) groups is 1. The van der Waals surface area contributed by atoms with E-state index in [1.807, 2.05) is 6.07 Å². The average Bonchev–Trinajstić information content (AvgIpc) is 2.93. The zero-order chi connectivity index (χ0) is 18.9. The van der Waals surface area contributed by atoms with Crippen molar-refractivity contribution < 1.29 is 22.9 Å². The largest absolute Gasteiger partial charge is 0.478 e. The number of hydrogen-bond donors (Lipinski definition) is 4. The number of carboxylic acid groups (broad SMARTS) is 1. The lowest BCUT2D eigenvalue weighted by Crippen LogP contribution is -1.99. The van der Waals surface area contributed by atoms with E-state index < -0.39 is 16.1 Å². The molecule has 0 atom stereocenters. The van der Waals surface area contributed by atoms with Crippen molar-refractivity contribution in [1.82, 2.24) is 22.3 Å². The predicted octanol–water partition coefficient (Wildman–Crippen LogP) is 3.70. The van der Waals surface area contributed by atoms with E-state index in [0.717, 1.165) is 10.9 Å². The number of rotatable bonds is 2. The van der Waals surface area contributed by atoms with Crippen LogP contribution in [0.3, 0.4) is 0 Å². The molecule has 0 aliphatic heterocycles. The van der Waals surface area contributed by atoms with E-state index in [4.69, 9.17) is 0 Å². The van der Waals surface area contributed by atoms with Crippen molar-refractivity contribution in [1.29, 1.82) is 0 Å². The van der Waals surface area contributed by atoms with Gasteiger partial charge in [0.1, 0.15) is 0 Å². The molecule has 4 aromatic rings. The van der Waals surface area contributed by atoms with Crippen LogP contribution in [0.1, 0.15) is 10.4 Å². The van der Waals surface area contributed by atoms with Crippen LogP contribution in [0, 0.1) is 0 Å². The van der Waals surface area contributed by atoms with Gasteiger partial charge in [-0.2, -0.15) is 8.42 Å². The van der Waals surface area contributed by atoms with Crippen molar-refractivity contribution in [2.24, 2.45) is 0 Å². The van der Waals surface area contributed by atoms with Crippen LogP contribution in [0.25, 0.3) is 44.3 Å². The Kier molecular flexibility index (Phi) is 4.60. The number of hydrogen-bond acceptors (Lipinski definition) is 7. The minimum absolute atomic E-state index is 0. The summed E-state index contributed by atoms with van der Waals surface area (Å²) in [6.45, 7) is 0. The van der Waals surface area contributed by atoms with Gasteiger partial charge in [-0.1, -0.05) is 18.2 Å². The Morgan fingerprint density at radius 1 is 0.862 bits per heavy atom. The molecule has 29 heavy (non-hydrogen) atoms. The fourth-order valence-electron chi connectivity index (χ4n) is 3.50. The SMILES string of the molecule is N.N.O=C(O)c1ccc2nc3c(nc2c1)-c1cc(S(=O)(=O)O)cc2cccc-3c12. The van der Waals surface area contributed by atoms with Crippen LogP contribution in [-0.2, 0) is 10.1 Å². The minimum Gasteiger partial charge on any atom is -0.478 e. The summed E-state index contributed by atoms with van der Waals surface area (Å²) in [5.41, 5.74) is 3.44. The third-order valence-corrected chi connectivity index (χ3v) is 5.50. The molecule has 10 heteroatoms. The van der Waals surface area contributed by atoms with Crippen molar-refractivity contribution in [2.45, 2.75) is 4.90 Å². The van der Waals surface area contributed by atoms with E-state index in [2.05, 4.69) is 9.97 Å². The molecule has 9 nitrogen and oxygen atoms in total. The van der Waals surface area contributed by atoms with Gasteiger partial charge >= 0.3 is 5.97 Å². The highest BCUT2D eigenvalue weighted by Gasteiger charge is 2.27. The van der Waals surface area contributed by atoms with Crippen molar-refractivity contribution in [3.05, 3.63) is 54.1 Å². The summed E-state index contributed by atoms with van der Waals surface area (Å²) in [5.74, 6) is -1.07. The third-order valence-electron chi connectivity index (χ3n) is 4.67. The van der Waals surface area contributed by atoms with Crippen molar-refractivity contribution in [2.75, 3.05) is 0 Å². The summed E-state index contributed by atoms with van der Waals surface area (Å²) in [4.78, 5) is 20.2. The zero-order valence-corrected chi connectivity index (χ0v) is 15.8. The lowest BCUT2D eigenvalue weighted by molar-refractivity contribution is 0.0697. The maximum Gasteiger partial charge on any atom is 0.335 e. The fraction of sp³-hybridized carbons (Fsp3) is 0. The monoisotopic (exact) mass is 412 g/mol. The zero-order valence-electron chi connectivity index (χ0n) is 15.0. The van der Waals surface area contributed by atoms with E-state index in [-0.39, 0.29) is 22.8 Å². The number of nitrogens with zero attached hydrogens (tertiary/aromatic N) is 2. The van der Waals surface area contributed by atoms with Crippen molar-refractivity contribution in [3.63, 3.8) is 0 Å². The summed E-state index contributed by atoms with van der Waals surface area (Å²) in [5, 5.41) is 10.6. The lowest BCUT2D eigenvalue weighted by Gasteiger charge is -2.05. The third kappa shape index (κ3) is 2.91. The summed E-state index contributed by atoms with van der Waals surface area (Å²) in [6, 6.07) is 12.7. The van der Waals surface area contributed by atoms with Gasteiger partial charge < -0.3 is 17.4 Å². The number of aromatic carboxylic acids is 1. The predicted molar refractivity (Wildman–Crippen MR) is 108 cm³/mol. The van der Waals surface area contributed by atoms with Gasteiger partial charge in [0.15, 0.2) is 0 Å². The highest BCUT2D eigenvalue weighted by atomic mass is 32.2. The van der Waals surface area contributed by atoms with Gasteiger partial charge in [0.25, 0.3) is 10.1 Å². The summed E-state index contributed by atoms with van der Waals surface area (Å²) >= 11 is 0. The quantitative estimate of drug-likeness (QED) is 0.313. The van der Waals surface area contributed by atoms with Crippen LogP contribution in [0.5, 0.6) is 0 Å². The van der Waals surface area contributed by atoms with Gasteiger partial charge in [0, 0.05) is 16.5 Å². The molecule has 0 fully saturated rings. The van der Waals surface area contributed by atoms with Crippen LogP contribution in [0.4, 0.5) is 0 Å². The maximum absolute atomic E-state index is 11.7. The van der Waals surface area contributed by atoms with E-state index in [1.165, 1.54) is 24.3 Å². The van der Waals surface area contributed by atoms with E-state index >= 15 is 0 Å². The fourth-order valence-corrected chi connectivity index (χ4v) is 4.04. The molecule has 0 amide bonds. The van der Waals surface area contributed by atoms with Gasteiger partial charge in [0.2, 0.25) is 0 Å². The molecule has 0 spiro atoms. The van der Waals surface area contributed by atoms with Gasteiger partial charge in [-0.05, 0) is 35.7 Å². The summed E-state index contributed by atoms with van der Waals surface area (Å²) < 4.78 is 32.8. The van der Waals surface area contributed by atoms with E-state index in [1.54, 1.807) is 18.2 Å². The highest BCUT2D eigenvalue weighted by Crippen LogP contribution is 2.46. The Hall–Kier alpha value is -3.44. The Balaban J connectivity index is 0.00000120. The van der Waals surface area contributed by atoms with Gasteiger partial charge in [-0.15, -0.1) is 0 Å². The molecule has 5 rings (SSSR count). The molecular formula is C19H16N4O5S. The summed E-state index contributed by atoms with van der Waals surface area (Å²) in [7, 11) is -4.39. The van der Waals surface area contributed by atoms with Crippen molar-refractivity contribution >= 4 is 37.9 Å². The molecule has 1 aliphatic carbocycles. The molecular weight excluding hydrogens is 396 g/mol. The number of fused-ring (bicyclic) bond motifs is 4. The van der Waals surface area contributed by atoms with Crippen LogP contribution in [0.15, 0.2) is 53.4 Å². The first-order valence-corrected chi connectivity index (χ1v) is 9.37. The first-order valence-electron chi connectivity index (χ1n) is 7.93. The molecule has 0 saturated carbocycles. The van der Waals surface area contributed by atoms with Crippen LogP contribution in [-0.4, -0.2) is 34.0 Å². The Bertz CT molecular complexity index is 1430. The number of carboxylic acids is 1. The molecule has 0 radical (unpaired) electrons. The van der Waals surface area contributed by atoms with Crippen LogP contribution >= 0.6 is 0 Å². The lowest BCUT2D eigenvalue weighted by atomic mass is 10.0. The molecule has 0 bridgehead atoms. The van der Waals surface area contributed by atoms with E-state index in [9.17, 15) is 22.9 Å². The van der Waals surface area contributed by atoms with Gasteiger partial charge in [-0.3, -0.25) is 4.55 Å². The molecule has 1 aliphatic rings. The first-order chi connectivity index (χ1) is 12.8. The molecule has 148 valence electrons. The Morgan fingerprint density at radius 3 is 2.24 bits per heavy atom. The topological polar surface area (TPSA) is 187 Å². The molecule has 1 aromatic heterocycles. The second-order valence-electron chi connectivity index (χ2n) is 6.28. The second kappa shape index (κ2) is 6.57. The molecule has 1 heterocycles. The Labute approximate surface area is 165 Å². The van der Waals surface area contributed by atoms with Gasteiger partial charge in [0.05, 0.1) is 32.9 Å². The van der Waals surface area contributed by atoms with Crippen LogP contribution in [0.2, 0.25) is 0 Å². The second-order valence-corrected chi connectivity index (χ2v) is 7.70. The average molecular weight is 412 g/mol. The minimum atomic E-state index is -4.39. The molecule has 0 saturated heterocycles. The maximum atomic E-state index is 11.7. The van der Waals surface area contributed by atoms with Gasteiger partial charge in [-0.25, -0.2) is 14.8 Å². The highest BCUT2D eigenvalue weighted by molar-refractivity contribution is 7.85. The number of aromatic nitrogens is 2. The first kappa shape index (κ1) is 20.3. The van der Waals surface area contributed by atoms with Crippen molar-refractivity contribution in [3.8, 4) is 22.5 Å². The summed E-state index contributed by atoms with van der Waals surface area (Å²) in [6.07, 6.45) is 0. The number of benzene rings is 3. The molecule has 8 N–H and O–H groups in total. The molecule has 0 unspecified atom stereocenters. The van der Waals surface area contributed by atoms with E-state index in [0.29, 0.717) is 33.4 Å². The Morgan fingerprint density at radius 2 is 1.55 bits per heavy atom. The molecule has 3 aromatic carbocycles. The smallest absolute Gasteiger partial charge is 0.335 e. The standard InChI is InChI=1S/C19H10N2O5S.2H3N/c22-19(23)10-4-5-14-15(7-10)21-18-13-8-11(27(24,25)26)6-9-2-1-3-12(16(9)13)17(18)20-14;;/h1-8H,(H,22,23)(H,24,25,26);2*1H3.